The van der Waals surface area contributed by atoms with Crippen molar-refractivity contribution in [3.8, 4) is 0 Å². The Kier molecular flexibility index (Phi) is 6.38. The molecule has 2 rings (SSSR count). The minimum Gasteiger partial charge on any atom is -0.385 e. The number of rotatable bonds is 7. The summed E-state index contributed by atoms with van der Waals surface area (Å²) in [5.41, 5.74) is 1.09. The Morgan fingerprint density at radius 3 is 2.78 bits per heavy atom. The van der Waals surface area contributed by atoms with Crippen LogP contribution in [0.1, 0.15) is 22.3 Å². The van der Waals surface area contributed by atoms with E-state index in [1.807, 2.05) is 18.2 Å². The molecule has 1 aromatic heterocycles. The molecule has 0 saturated carbocycles. The first-order valence-corrected chi connectivity index (χ1v) is 7.70. The molecule has 5 nitrogen and oxygen atoms in total. The Morgan fingerprint density at radius 2 is 2.04 bits per heavy atom. The average molecular weight is 335 g/mol. The van der Waals surface area contributed by atoms with E-state index in [4.69, 9.17) is 16.3 Å². The largest absolute Gasteiger partial charge is 0.385 e. The molecule has 0 fully saturated rings. The van der Waals surface area contributed by atoms with Crippen molar-refractivity contribution in [1.82, 2.24) is 9.88 Å². The zero-order valence-corrected chi connectivity index (χ0v) is 13.7. The summed E-state index contributed by atoms with van der Waals surface area (Å²) in [6.45, 7) is 1.44. The molecule has 0 radical (unpaired) electrons. The maximum Gasteiger partial charge on any atom is 0.252 e. The van der Waals surface area contributed by atoms with Crippen molar-refractivity contribution < 1.29 is 9.53 Å². The van der Waals surface area contributed by atoms with Crippen molar-refractivity contribution in [3.05, 3.63) is 69.1 Å². The van der Waals surface area contributed by atoms with Crippen LogP contribution in [0.2, 0.25) is 5.02 Å². The average Bonchev–Trinajstić information content (AvgIpc) is 2.55. The number of ether oxygens (including phenoxy) is 1. The Hall–Kier alpha value is -2.11. The first kappa shape index (κ1) is 17.2. The lowest BCUT2D eigenvalue weighted by Crippen LogP contribution is -2.28. The minimum atomic E-state index is -0.214. The Balaban J connectivity index is 2.11. The van der Waals surface area contributed by atoms with Gasteiger partial charge < -0.3 is 14.6 Å². The van der Waals surface area contributed by atoms with Crippen molar-refractivity contribution in [2.24, 2.45) is 0 Å². The summed E-state index contributed by atoms with van der Waals surface area (Å²) in [6.07, 6.45) is 2.29. The fourth-order valence-corrected chi connectivity index (χ4v) is 2.32. The van der Waals surface area contributed by atoms with Crippen LogP contribution in [-0.4, -0.2) is 30.7 Å². The number of pyridine rings is 1. The molecule has 0 saturated heterocycles. The molecule has 0 atom stereocenters. The fourth-order valence-electron chi connectivity index (χ4n) is 2.12. The van der Waals surface area contributed by atoms with E-state index in [9.17, 15) is 9.59 Å². The number of nitrogens with zero attached hydrogens (tertiary/aromatic N) is 1. The SMILES string of the molecule is COCCCNC(=O)c1ccc(=O)n(Cc2ccccc2Cl)c1. The molecule has 0 aliphatic heterocycles. The molecule has 6 heteroatoms. The van der Waals surface area contributed by atoms with Crippen LogP contribution in [0.4, 0.5) is 0 Å². The van der Waals surface area contributed by atoms with Crippen LogP contribution in [0.15, 0.2) is 47.4 Å². The summed E-state index contributed by atoms with van der Waals surface area (Å²) in [5, 5.41) is 3.39. The van der Waals surface area contributed by atoms with Gasteiger partial charge in [0, 0.05) is 37.5 Å². The molecular weight excluding hydrogens is 316 g/mol. The summed E-state index contributed by atoms with van der Waals surface area (Å²) in [6, 6.07) is 10.2. The Bertz CT molecular complexity index is 728. The molecule has 0 bridgehead atoms. The lowest BCUT2D eigenvalue weighted by molar-refractivity contribution is 0.0947. The number of halogens is 1. The summed E-state index contributed by atoms with van der Waals surface area (Å²) >= 11 is 6.12. The number of carbonyl (C=O) groups is 1. The number of amides is 1. The molecule has 0 spiro atoms. The van der Waals surface area contributed by atoms with Gasteiger partial charge in [-0.2, -0.15) is 0 Å². The van der Waals surface area contributed by atoms with E-state index < -0.39 is 0 Å². The monoisotopic (exact) mass is 334 g/mol. The van der Waals surface area contributed by atoms with Crippen molar-refractivity contribution in [2.75, 3.05) is 20.3 Å². The third-order valence-corrected chi connectivity index (χ3v) is 3.72. The van der Waals surface area contributed by atoms with Gasteiger partial charge in [-0.3, -0.25) is 9.59 Å². The zero-order chi connectivity index (χ0) is 16.7. The number of nitrogens with one attached hydrogen (secondary N) is 1. The van der Waals surface area contributed by atoms with Gasteiger partial charge in [0.25, 0.3) is 11.5 Å². The van der Waals surface area contributed by atoms with E-state index in [2.05, 4.69) is 5.32 Å². The normalized spacial score (nSPS) is 10.5. The van der Waals surface area contributed by atoms with Gasteiger partial charge in [0.05, 0.1) is 12.1 Å². The van der Waals surface area contributed by atoms with Crippen LogP contribution in [0.5, 0.6) is 0 Å². The molecule has 1 N–H and O–H groups in total. The van der Waals surface area contributed by atoms with E-state index in [-0.39, 0.29) is 11.5 Å². The van der Waals surface area contributed by atoms with Crippen molar-refractivity contribution >= 4 is 17.5 Å². The standard InChI is InChI=1S/C17H19ClN2O3/c1-23-10-4-9-19-17(22)14-7-8-16(21)20(12-14)11-13-5-2-3-6-15(13)18/h2-3,5-8,12H,4,9-11H2,1H3,(H,19,22). The highest BCUT2D eigenvalue weighted by molar-refractivity contribution is 6.31. The third-order valence-electron chi connectivity index (χ3n) is 3.35. The second kappa shape index (κ2) is 8.50. The Morgan fingerprint density at radius 1 is 1.26 bits per heavy atom. The van der Waals surface area contributed by atoms with E-state index in [1.54, 1.807) is 19.4 Å². The lowest BCUT2D eigenvalue weighted by atomic mass is 10.2. The quantitative estimate of drug-likeness (QED) is 0.790. The fraction of sp³-hybridized carbons (Fsp3) is 0.294. The first-order chi connectivity index (χ1) is 11.1. The van der Waals surface area contributed by atoms with Crippen molar-refractivity contribution in [1.29, 1.82) is 0 Å². The van der Waals surface area contributed by atoms with Gasteiger partial charge in [0.2, 0.25) is 0 Å². The molecule has 1 amide bonds. The van der Waals surface area contributed by atoms with Crippen LogP contribution >= 0.6 is 11.6 Å². The van der Waals surface area contributed by atoms with Crippen LogP contribution < -0.4 is 10.9 Å². The molecule has 0 aliphatic rings. The van der Waals surface area contributed by atoms with Gasteiger partial charge in [0.15, 0.2) is 0 Å². The second-order valence-corrected chi connectivity index (χ2v) is 5.48. The van der Waals surface area contributed by atoms with Crippen molar-refractivity contribution in [3.63, 3.8) is 0 Å². The summed E-state index contributed by atoms with van der Waals surface area (Å²) in [4.78, 5) is 24.1. The molecular formula is C17H19ClN2O3. The van der Waals surface area contributed by atoms with Gasteiger partial charge in [-0.05, 0) is 24.1 Å². The van der Waals surface area contributed by atoms with Crippen LogP contribution in [-0.2, 0) is 11.3 Å². The highest BCUT2D eigenvalue weighted by atomic mass is 35.5. The molecule has 122 valence electrons. The highest BCUT2D eigenvalue weighted by Gasteiger charge is 2.08. The van der Waals surface area contributed by atoms with Gasteiger partial charge in [-0.15, -0.1) is 0 Å². The second-order valence-electron chi connectivity index (χ2n) is 5.08. The number of hydrogen-bond acceptors (Lipinski definition) is 3. The molecule has 1 heterocycles. The predicted octanol–water partition coefficient (Wildman–Crippen LogP) is 2.32. The summed E-state index contributed by atoms with van der Waals surface area (Å²) in [5.74, 6) is -0.214. The van der Waals surface area contributed by atoms with Gasteiger partial charge >= 0.3 is 0 Å². The van der Waals surface area contributed by atoms with Crippen molar-refractivity contribution in [2.45, 2.75) is 13.0 Å². The van der Waals surface area contributed by atoms with Crippen LogP contribution in [0, 0.1) is 0 Å². The van der Waals surface area contributed by atoms with Gasteiger partial charge in [-0.1, -0.05) is 29.8 Å². The maximum absolute atomic E-state index is 12.1. The number of benzene rings is 1. The molecule has 1 aromatic carbocycles. The number of hydrogen-bond donors (Lipinski definition) is 1. The number of carbonyl (C=O) groups excluding carboxylic acids is 1. The van der Waals surface area contributed by atoms with E-state index >= 15 is 0 Å². The third kappa shape index (κ3) is 4.94. The minimum absolute atomic E-state index is 0.180. The maximum atomic E-state index is 12.1. The van der Waals surface area contributed by atoms with Gasteiger partial charge in [-0.25, -0.2) is 0 Å². The highest BCUT2D eigenvalue weighted by Crippen LogP contribution is 2.15. The lowest BCUT2D eigenvalue weighted by Gasteiger charge is -2.10. The number of methoxy groups -OCH3 is 1. The van der Waals surface area contributed by atoms with Crippen LogP contribution in [0.25, 0.3) is 0 Å². The van der Waals surface area contributed by atoms with E-state index in [0.717, 1.165) is 12.0 Å². The molecule has 0 aliphatic carbocycles. The van der Waals surface area contributed by atoms with Crippen LogP contribution in [0.3, 0.4) is 0 Å². The number of aromatic nitrogens is 1. The Labute approximate surface area is 139 Å². The molecule has 2 aromatic rings. The predicted molar refractivity (Wildman–Crippen MR) is 90.1 cm³/mol. The van der Waals surface area contributed by atoms with E-state index in [0.29, 0.717) is 30.3 Å². The topological polar surface area (TPSA) is 60.3 Å². The molecule has 0 unspecified atom stereocenters. The first-order valence-electron chi connectivity index (χ1n) is 7.33. The smallest absolute Gasteiger partial charge is 0.252 e. The zero-order valence-electron chi connectivity index (χ0n) is 12.9. The summed E-state index contributed by atoms with van der Waals surface area (Å²) < 4.78 is 6.41. The summed E-state index contributed by atoms with van der Waals surface area (Å²) in [7, 11) is 1.62. The van der Waals surface area contributed by atoms with E-state index in [1.165, 1.54) is 16.7 Å². The van der Waals surface area contributed by atoms with Gasteiger partial charge in [0.1, 0.15) is 0 Å². The molecule has 23 heavy (non-hydrogen) atoms.